The summed E-state index contributed by atoms with van der Waals surface area (Å²) in [6.45, 7) is 3.28. The number of rotatable bonds is 8. The molecule has 0 atom stereocenters. The number of hydrogen-bond donors (Lipinski definition) is 0. The molecule has 0 aliphatic carbocycles. The summed E-state index contributed by atoms with van der Waals surface area (Å²) in [4.78, 5) is 0. The van der Waals surface area contributed by atoms with E-state index in [0.29, 0.717) is 5.88 Å². The monoisotopic (exact) mass is 228 g/mol. The second-order valence-corrected chi connectivity index (χ2v) is 4.28. The summed E-state index contributed by atoms with van der Waals surface area (Å²) >= 11 is 5.71. The lowest BCUT2D eigenvalue weighted by Gasteiger charge is -2.01. The second kappa shape index (κ2) is 7.75. The first-order chi connectivity index (χ1) is 7.36. The van der Waals surface area contributed by atoms with E-state index < -0.39 is 0 Å². The molecule has 0 N–H and O–H groups in total. The van der Waals surface area contributed by atoms with Gasteiger partial charge in [0.2, 0.25) is 0 Å². The lowest BCUT2D eigenvalue weighted by atomic mass is 10.1. The van der Waals surface area contributed by atoms with Gasteiger partial charge in [0.05, 0.1) is 12.1 Å². The Morgan fingerprint density at radius 1 is 1.20 bits per heavy atom. The van der Waals surface area contributed by atoms with Crippen LogP contribution >= 0.6 is 11.6 Å². The van der Waals surface area contributed by atoms with Gasteiger partial charge in [0.25, 0.3) is 0 Å². The molecule has 0 saturated heterocycles. The minimum atomic E-state index is 0.566. The average molecular weight is 229 g/mol. The molecular formula is C12H21ClN2. The molecule has 1 aromatic rings. The zero-order chi connectivity index (χ0) is 10.9. The van der Waals surface area contributed by atoms with E-state index in [4.69, 9.17) is 11.6 Å². The summed E-state index contributed by atoms with van der Waals surface area (Å²) in [6, 6.07) is 0. The molecule has 1 rings (SSSR count). The third kappa shape index (κ3) is 5.22. The largest absolute Gasteiger partial charge is 0.272 e. The fourth-order valence-electron chi connectivity index (χ4n) is 1.65. The minimum Gasteiger partial charge on any atom is -0.272 e. The van der Waals surface area contributed by atoms with Gasteiger partial charge in [-0.25, -0.2) is 0 Å². The van der Waals surface area contributed by atoms with Crippen LogP contribution in [0.25, 0.3) is 0 Å². The maximum atomic E-state index is 5.71. The highest BCUT2D eigenvalue weighted by molar-refractivity contribution is 6.17. The van der Waals surface area contributed by atoms with Gasteiger partial charge < -0.3 is 0 Å². The van der Waals surface area contributed by atoms with Gasteiger partial charge in [-0.1, -0.05) is 39.0 Å². The van der Waals surface area contributed by atoms with Crippen LogP contribution < -0.4 is 0 Å². The third-order valence-corrected chi connectivity index (χ3v) is 2.89. The molecule has 0 bridgehead atoms. The first kappa shape index (κ1) is 12.6. The van der Waals surface area contributed by atoms with Crippen LogP contribution in [0.3, 0.4) is 0 Å². The molecule has 0 radical (unpaired) electrons. The highest BCUT2D eigenvalue weighted by Gasteiger charge is 1.96. The van der Waals surface area contributed by atoms with Crippen LogP contribution in [-0.4, -0.2) is 9.78 Å². The Hall–Kier alpha value is -0.500. The van der Waals surface area contributed by atoms with Crippen molar-refractivity contribution in [2.45, 2.75) is 57.9 Å². The van der Waals surface area contributed by atoms with Crippen molar-refractivity contribution in [1.29, 1.82) is 0 Å². The molecule has 15 heavy (non-hydrogen) atoms. The smallest absolute Gasteiger partial charge is 0.0533 e. The number of alkyl halides is 1. The third-order valence-electron chi connectivity index (χ3n) is 2.58. The Morgan fingerprint density at radius 3 is 2.60 bits per heavy atom. The van der Waals surface area contributed by atoms with Crippen molar-refractivity contribution >= 4 is 11.6 Å². The van der Waals surface area contributed by atoms with Crippen molar-refractivity contribution in [2.24, 2.45) is 0 Å². The lowest BCUT2D eigenvalue weighted by Crippen LogP contribution is -1.97. The number of halogens is 1. The molecule has 2 nitrogen and oxygen atoms in total. The van der Waals surface area contributed by atoms with E-state index in [-0.39, 0.29) is 0 Å². The van der Waals surface area contributed by atoms with Crippen LogP contribution in [0.15, 0.2) is 12.4 Å². The summed E-state index contributed by atoms with van der Waals surface area (Å²) in [7, 11) is 0. The van der Waals surface area contributed by atoms with Crippen LogP contribution in [0.4, 0.5) is 0 Å². The molecule has 86 valence electrons. The van der Waals surface area contributed by atoms with Gasteiger partial charge in [-0.3, -0.25) is 4.68 Å². The van der Waals surface area contributed by atoms with Crippen molar-refractivity contribution < 1.29 is 0 Å². The fourth-order valence-corrected chi connectivity index (χ4v) is 1.79. The predicted octanol–water partition coefficient (Wildman–Crippen LogP) is 3.98. The van der Waals surface area contributed by atoms with Gasteiger partial charge in [0, 0.05) is 18.3 Å². The Morgan fingerprint density at radius 2 is 1.93 bits per heavy atom. The van der Waals surface area contributed by atoms with E-state index >= 15 is 0 Å². The van der Waals surface area contributed by atoms with Gasteiger partial charge in [-0.05, 0) is 6.42 Å². The van der Waals surface area contributed by atoms with Gasteiger partial charge in [0.15, 0.2) is 0 Å². The summed E-state index contributed by atoms with van der Waals surface area (Å²) in [5, 5.41) is 4.25. The van der Waals surface area contributed by atoms with Crippen molar-refractivity contribution in [2.75, 3.05) is 0 Å². The van der Waals surface area contributed by atoms with Crippen molar-refractivity contribution in [3.05, 3.63) is 18.0 Å². The number of nitrogens with zero attached hydrogens (tertiary/aromatic N) is 2. The summed E-state index contributed by atoms with van der Waals surface area (Å²) in [6.07, 6.45) is 11.9. The minimum absolute atomic E-state index is 0.566. The highest BCUT2D eigenvalue weighted by Crippen LogP contribution is 2.07. The number of unbranched alkanes of at least 4 members (excludes halogenated alkanes) is 5. The van der Waals surface area contributed by atoms with E-state index in [0.717, 1.165) is 12.1 Å². The Bertz CT molecular complexity index is 258. The van der Waals surface area contributed by atoms with Crippen LogP contribution in [-0.2, 0) is 12.4 Å². The molecule has 0 aliphatic rings. The van der Waals surface area contributed by atoms with E-state index in [1.807, 2.05) is 17.1 Å². The van der Waals surface area contributed by atoms with Crippen molar-refractivity contribution in [3.63, 3.8) is 0 Å². The normalized spacial score (nSPS) is 10.8. The maximum absolute atomic E-state index is 5.71. The van der Waals surface area contributed by atoms with Crippen LogP contribution in [0.5, 0.6) is 0 Å². The quantitative estimate of drug-likeness (QED) is 0.486. The summed E-state index contributed by atoms with van der Waals surface area (Å²) in [5.41, 5.74) is 1.11. The van der Waals surface area contributed by atoms with Crippen molar-refractivity contribution in [1.82, 2.24) is 9.78 Å². The zero-order valence-electron chi connectivity index (χ0n) is 9.58. The first-order valence-corrected chi connectivity index (χ1v) is 6.47. The van der Waals surface area contributed by atoms with Gasteiger partial charge in [-0.15, -0.1) is 11.6 Å². The zero-order valence-corrected chi connectivity index (χ0v) is 10.3. The number of aromatic nitrogens is 2. The first-order valence-electron chi connectivity index (χ1n) is 5.94. The average Bonchev–Trinajstić information content (AvgIpc) is 2.71. The molecule has 1 aromatic heterocycles. The van der Waals surface area contributed by atoms with Gasteiger partial charge >= 0.3 is 0 Å². The van der Waals surface area contributed by atoms with E-state index in [1.165, 1.54) is 38.5 Å². The van der Waals surface area contributed by atoms with Crippen LogP contribution in [0, 0.1) is 0 Å². The Labute approximate surface area is 97.6 Å². The SMILES string of the molecule is CCCCCCCCn1cc(CCl)cn1. The number of aryl methyl sites for hydroxylation is 1. The highest BCUT2D eigenvalue weighted by atomic mass is 35.5. The second-order valence-electron chi connectivity index (χ2n) is 4.01. The van der Waals surface area contributed by atoms with Crippen LogP contribution in [0.2, 0.25) is 0 Å². The Kier molecular flexibility index (Phi) is 6.49. The number of hydrogen-bond acceptors (Lipinski definition) is 1. The van der Waals surface area contributed by atoms with Gasteiger partial charge in [-0.2, -0.15) is 5.10 Å². The predicted molar refractivity (Wildman–Crippen MR) is 65.2 cm³/mol. The molecule has 0 aromatic carbocycles. The molecule has 0 amide bonds. The summed E-state index contributed by atoms with van der Waals surface area (Å²) < 4.78 is 2.00. The maximum Gasteiger partial charge on any atom is 0.0533 e. The standard InChI is InChI=1S/C12H21ClN2/c1-2-3-4-5-6-7-8-15-11-12(9-13)10-14-15/h10-11H,2-9H2,1H3. The topological polar surface area (TPSA) is 17.8 Å². The molecular weight excluding hydrogens is 208 g/mol. The molecule has 0 saturated carbocycles. The molecule has 0 spiro atoms. The van der Waals surface area contributed by atoms with E-state index in [9.17, 15) is 0 Å². The van der Waals surface area contributed by atoms with E-state index in [1.54, 1.807) is 0 Å². The van der Waals surface area contributed by atoms with Gasteiger partial charge in [0.1, 0.15) is 0 Å². The fraction of sp³-hybridized carbons (Fsp3) is 0.750. The Balaban J connectivity index is 2.04. The van der Waals surface area contributed by atoms with E-state index in [2.05, 4.69) is 12.0 Å². The lowest BCUT2D eigenvalue weighted by molar-refractivity contribution is 0.527. The molecule has 1 heterocycles. The summed E-state index contributed by atoms with van der Waals surface area (Å²) in [5.74, 6) is 0.566. The molecule has 3 heteroatoms. The molecule has 0 aliphatic heterocycles. The molecule has 0 unspecified atom stereocenters. The van der Waals surface area contributed by atoms with Crippen molar-refractivity contribution in [3.8, 4) is 0 Å². The van der Waals surface area contributed by atoms with Crippen LogP contribution in [0.1, 0.15) is 51.0 Å². The molecule has 0 fully saturated rings.